The Morgan fingerprint density at radius 2 is 1.96 bits per heavy atom. The van der Waals surface area contributed by atoms with Crippen LogP contribution in [0.4, 0.5) is 11.4 Å². The Kier molecular flexibility index (Phi) is 4.51. The van der Waals surface area contributed by atoms with Crippen molar-refractivity contribution in [2.45, 2.75) is 13.3 Å². The highest BCUT2D eigenvalue weighted by Crippen LogP contribution is 2.30. The Balaban J connectivity index is 1.89. The van der Waals surface area contributed by atoms with Crippen molar-refractivity contribution < 1.29 is 13.2 Å². The molecule has 0 atom stereocenters. The van der Waals surface area contributed by atoms with Gasteiger partial charge in [0.05, 0.1) is 22.0 Å². The molecular formula is C17H17ClN2O3S. The molecule has 1 aliphatic rings. The van der Waals surface area contributed by atoms with Gasteiger partial charge in [-0.1, -0.05) is 29.8 Å². The van der Waals surface area contributed by atoms with E-state index in [1.165, 1.54) is 4.31 Å². The molecule has 5 nitrogen and oxygen atoms in total. The monoisotopic (exact) mass is 364 g/mol. The fourth-order valence-corrected chi connectivity index (χ4v) is 4.55. The van der Waals surface area contributed by atoms with Crippen LogP contribution in [0.5, 0.6) is 0 Å². The number of hydrogen-bond acceptors (Lipinski definition) is 3. The van der Waals surface area contributed by atoms with Gasteiger partial charge in [-0.2, -0.15) is 0 Å². The number of benzene rings is 2. The number of halogens is 1. The van der Waals surface area contributed by atoms with Crippen LogP contribution in [-0.4, -0.2) is 26.6 Å². The molecular weight excluding hydrogens is 348 g/mol. The van der Waals surface area contributed by atoms with Crippen molar-refractivity contribution in [2.24, 2.45) is 0 Å². The summed E-state index contributed by atoms with van der Waals surface area (Å²) >= 11 is 6.03. The smallest absolute Gasteiger partial charge is 0.257 e. The second kappa shape index (κ2) is 6.45. The van der Waals surface area contributed by atoms with Gasteiger partial charge in [0.15, 0.2) is 0 Å². The summed E-state index contributed by atoms with van der Waals surface area (Å²) in [6.07, 6.45) is 0.609. The van der Waals surface area contributed by atoms with E-state index in [4.69, 9.17) is 11.6 Å². The number of nitrogens with one attached hydrogen (secondary N) is 1. The van der Waals surface area contributed by atoms with Crippen molar-refractivity contribution in [3.63, 3.8) is 0 Å². The van der Waals surface area contributed by atoms with Crippen molar-refractivity contribution in [3.05, 3.63) is 58.6 Å². The number of anilines is 2. The summed E-state index contributed by atoms with van der Waals surface area (Å²) in [5, 5.41) is 3.14. The first-order valence-corrected chi connectivity index (χ1v) is 9.54. The molecule has 2 aromatic carbocycles. The first-order chi connectivity index (χ1) is 11.4. The van der Waals surface area contributed by atoms with Crippen LogP contribution in [0.2, 0.25) is 5.02 Å². The Morgan fingerprint density at radius 3 is 2.62 bits per heavy atom. The third-order valence-corrected chi connectivity index (χ3v) is 6.14. The zero-order valence-electron chi connectivity index (χ0n) is 13.1. The van der Waals surface area contributed by atoms with Crippen molar-refractivity contribution in [1.29, 1.82) is 0 Å². The number of amides is 1. The predicted octanol–water partition coefficient (Wildman–Crippen LogP) is 3.44. The normalized spacial score (nSPS) is 16.2. The quantitative estimate of drug-likeness (QED) is 0.907. The van der Waals surface area contributed by atoms with Crippen LogP contribution >= 0.6 is 11.6 Å². The Hall–Kier alpha value is -2.05. The fraction of sp³-hybridized carbons (Fsp3) is 0.235. The molecule has 1 fully saturated rings. The number of carbonyl (C=O) groups is 1. The third-order valence-electron chi connectivity index (χ3n) is 3.95. The topological polar surface area (TPSA) is 66.5 Å². The van der Waals surface area contributed by atoms with Gasteiger partial charge in [-0.3, -0.25) is 9.10 Å². The summed E-state index contributed by atoms with van der Waals surface area (Å²) in [5.74, 6) is -0.178. The van der Waals surface area contributed by atoms with E-state index in [1.54, 1.807) is 42.5 Å². The van der Waals surface area contributed by atoms with E-state index in [9.17, 15) is 13.2 Å². The average Bonchev–Trinajstić information content (AvgIpc) is 2.89. The molecule has 0 bridgehead atoms. The minimum Gasteiger partial charge on any atom is -0.322 e. The van der Waals surface area contributed by atoms with Gasteiger partial charge >= 0.3 is 0 Å². The van der Waals surface area contributed by atoms with Crippen molar-refractivity contribution in [1.82, 2.24) is 0 Å². The summed E-state index contributed by atoms with van der Waals surface area (Å²) in [6, 6.07) is 12.0. The highest BCUT2D eigenvalue weighted by molar-refractivity contribution is 7.93. The molecule has 126 valence electrons. The molecule has 1 aliphatic heterocycles. The summed E-state index contributed by atoms with van der Waals surface area (Å²) < 4.78 is 25.7. The van der Waals surface area contributed by atoms with Crippen molar-refractivity contribution in [2.75, 3.05) is 21.9 Å². The molecule has 0 aromatic heterocycles. The average molecular weight is 365 g/mol. The second-order valence-corrected chi connectivity index (χ2v) is 8.10. The maximum atomic E-state index is 12.4. The van der Waals surface area contributed by atoms with E-state index in [0.29, 0.717) is 34.9 Å². The van der Waals surface area contributed by atoms with Crippen LogP contribution in [-0.2, 0) is 10.0 Å². The van der Waals surface area contributed by atoms with E-state index in [2.05, 4.69) is 5.32 Å². The van der Waals surface area contributed by atoms with E-state index in [1.807, 2.05) is 6.92 Å². The van der Waals surface area contributed by atoms with E-state index >= 15 is 0 Å². The summed E-state index contributed by atoms with van der Waals surface area (Å²) in [6.45, 7) is 2.31. The standard InChI is InChI=1S/C17H17ClN2O3S/c1-12-7-8-13(11-16(12)20-9-4-10-24(20,22)23)19-17(21)14-5-2-3-6-15(14)18/h2-3,5-8,11H,4,9-10H2,1H3,(H,19,21). The molecule has 24 heavy (non-hydrogen) atoms. The summed E-state index contributed by atoms with van der Waals surface area (Å²) in [5.41, 5.74) is 2.35. The van der Waals surface area contributed by atoms with Crippen molar-refractivity contribution >= 4 is 38.9 Å². The number of carbonyl (C=O) groups excluding carboxylic acids is 1. The van der Waals surface area contributed by atoms with Gasteiger partial charge in [0, 0.05) is 12.2 Å². The first kappa shape index (κ1) is 16.8. The van der Waals surface area contributed by atoms with Gasteiger partial charge in [-0.05, 0) is 43.2 Å². The summed E-state index contributed by atoms with van der Waals surface area (Å²) in [7, 11) is -3.27. The van der Waals surface area contributed by atoms with Gasteiger partial charge in [-0.25, -0.2) is 8.42 Å². The Morgan fingerprint density at radius 1 is 1.21 bits per heavy atom. The molecule has 1 N–H and O–H groups in total. The molecule has 1 saturated heterocycles. The lowest BCUT2D eigenvalue weighted by atomic mass is 10.1. The maximum Gasteiger partial charge on any atom is 0.257 e. The molecule has 0 saturated carbocycles. The number of aryl methyl sites for hydroxylation is 1. The van der Waals surface area contributed by atoms with Crippen LogP contribution in [0.3, 0.4) is 0 Å². The van der Waals surface area contributed by atoms with E-state index < -0.39 is 10.0 Å². The molecule has 7 heteroatoms. The zero-order valence-corrected chi connectivity index (χ0v) is 14.7. The lowest BCUT2D eigenvalue weighted by Crippen LogP contribution is -2.26. The van der Waals surface area contributed by atoms with Crippen molar-refractivity contribution in [3.8, 4) is 0 Å². The summed E-state index contributed by atoms with van der Waals surface area (Å²) in [4.78, 5) is 12.4. The SMILES string of the molecule is Cc1ccc(NC(=O)c2ccccc2Cl)cc1N1CCCS1(=O)=O. The third kappa shape index (κ3) is 3.25. The lowest BCUT2D eigenvalue weighted by Gasteiger charge is -2.20. The predicted molar refractivity (Wildman–Crippen MR) is 96.3 cm³/mol. The van der Waals surface area contributed by atoms with E-state index in [-0.39, 0.29) is 11.7 Å². The van der Waals surface area contributed by atoms with Crippen LogP contribution in [0.15, 0.2) is 42.5 Å². The van der Waals surface area contributed by atoms with Gasteiger partial charge in [0.1, 0.15) is 0 Å². The van der Waals surface area contributed by atoms with Gasteiger partial charge in [0.2, 0.25) is 10.0 Å². The Labute approximate surface area is 146 Å². The van der Waals surface area contributed by atoms with Gasteiger partial charge in [-0.15, -0.1) is 0 Å². The van der Waals surface area contributed by atoms with Crippen LogP contribution < -0.4 is 9.62 Å². The largest absolute Gasteiger partial charge is 0.322 e. The minimum absolute atomic E-state index is 0.155. The molecule has 0 spiro atoms. The molecule has 0 unspecified atom stereocenters. The highest BCUT2D eigenvalue weighted by atomic mass is 35.5. The molecule has 0 aliphatic carbocycles. The molecule has 1 heterocycles. The molecule has 0 radical (unpaired) electrons. The molecule has 3 rings (SSSR count). The number of nitrogens with zero attached hydrogens (tertiary/aromatic N) is 1. The Bertz CT molecular complexity index is 896. The number of rotatable bonds is 3. The lowest BCUT2D eigenvalue weighted by molar-refractivity contribution is 0.102. The fourth-order valence-electron chi connectivity index (χ4n) is 2.71. The van der Waals surface area contributed by atoms with Crippen LogP contribution in [0, 0.1) is 6.92 Å². The number of sulfonamides is 1. The maximum absolute atomic E-state index is 12.4. The van der Waals surface area contributed by atoms with Crippen LogP contribution in [0.25, 0.3) is 0 Å². The van der Waals surface area contributed by atoms with Gasteiger partial charge < -0.3 is 5.32 Å². The van der Waals surface area contributed by atoms with E-state index in [0.717, 1.165) is 5.56 Å². The van der Waals surface area contributed by atoms with Crippen LogP contribution in [0.1, 0.15) is 22.3 Å². The van der Waals surface area contributed by atoms with Gasteiger partial charge in [0.25, 0.3) is 5.91 Å². The zero-order chi connectivity index (χ0) is 17.3. The minimum atomic E-state index is -3.27. The first-order valence-electron chi connectivity index (χ1n) is 7.55. The molecule has 2 aromatic rings. The second-order valence-electron chi connectivity index (χ2n) is 5.68. The highest BCUT2D eigenvalue weighted by Gasteiger charge is 2.29. The number of hydrogen-bond donors (Lipinski definition) is 1. The molecule has 1 amide bonds.